The van der Waals surface area contributed by atoms with Crippen molar-refractivity contribution in [2.45, 2.75) is 6.92 Å². The van der Waals surface area contributed by atoms with E-state index in [4.69, 9.17) is 0 Å². The van der Waals surface area contributed by atoms with Gasteiger partial charge in [0.2, 0.25) is 0 Å². The second-order valence-electron chi connectivity index (χ2n) is 5.69. The number of thiazole rings is 1. The molecule has 8 heteroatoms. The number of rotatable bonds is 7. The fraction of sp³-hybridized carbons (Fsp3) is 0.294. The van der Waals surface area contributed by atoms with Gasteiger partial charge < -0.3 is 10.2 Å². The molecule has 1 heterocycles. The summed E-state index contributed by atoms with van der Waals surface area (Å²) in [7, 11) is 3.84. The number of carbonyl (C=O) groups is 3. The van der Waals surface area contributed by atoms with Crippen LogP contribution in [0.2, 0.25) is 0 Å². The van der Waals surface area contributed by atoms with E-state index in [2.05, 4.69) is 15.6 Å². The van der Waals surface area contributed by atoms with Crippen molar-refractivity contribution in [3.8, 4) is 0 Å². The van der Waals surface area contributed by atoms with Crippen LogP contribution in [0, 0.1) is 0 Å². The molecular weight excluding hydrogens is 340 g/mol. The molecule has 132 valence electrons. The van der Waals surface area contributed by atoms with E-state index in [0.29, 0.717) is 22.8 Å². The Morgan fingerprint density at radius 3 is 2.56 bits per heavy atom. The summed E-state index contributed by atoms with van der Waals surface area (Å²) in [6.07, 6.45) is 0. The second kappa shape index (κ2) is 8.50. The van der Waals surface area contributed by atoms with Gasteiger partial charge in [-0.1, -0.05) is 12.1 Å². The van der Waals surface area contributed by atoms with Crippen molar-refractivity contribution >= 4 is 34.1 Å². The van der Waals surface area contributed by atoms with Gasteiger partial charge in [0, 0.05) is 29.6 Å². The molecule has 2 aromatic rings. The summed E-state index contributed by atoms with van der Waals surface area (Å²) < 4.78 is 0. The molecule has 1 aromatic heterocycles. The number of benzene rings is 1. The quantitative estimate of drug-likeness (QED) is 0.736. The summed E-state index contributed by atoms with van der Waals surface area (Å²) >= 11 is 1.17. The van der Waals surface area contributed by atoms with E-state index < -0.39 is 0 Å². The first-order valence-corrected chi connectivity index (χ1v) is 8.55. The molecule has 0 unspecified atom stereocenters. The minimum atomic E-state index is -0.378. The van der Waals surface area contributed by atoms with E-state index in [9.17, 15) is 14.4 Å². The summed E-state index contributed by atoms with van der Waals surface area (Å²) in [5, 5.41) is 7.32. The Kier molecular flexibility index (Phi) is 6.37. The maximum absolute atomic E-state index is 12.3. The average molecular weight is 360 g/mol. The highest BCUT2D eigenvalue weighted by molar-refractivity contribution is 7.14. The predicted molar refractivity (Wildman–Crippen MR) is 97.4 cm³/mol. The fourth-order valence-corrected chi connectivity index (χ4v) is 2.65. The van der Waals surface area contributed by atoms with Crippen LogP contribution >= 0.6 is 11.3 Å². The van der Waals surface area contributed by atoms with Crippen molar-refractivity contribution in [3.05, 3.63) is 46.5 Å². The van der Waals surface area contributed by atoms with E-state index in [1.165, 1.54) is 24.3 Å². The van der Waals surface area contributed by atoms with Crippen LogP contribution in [0.25, 0.3) is 0 Å². The van der Waals surface area contributed by atoms with Crippen molar-refractivity contribution in [3.63, 3.8) is 0 Å². The van der Waals surface area contributed by atoms with Gasteiger partial charge in [-0.15, -0.1) is 11.3 Å². The van der Waals surface area contributed by atoms with Gasteiger partial charge in [-0.05, 0) is 33.2 Å². The third-order valence-electron chi connectivity index (χ3n) is 3.33. The molecule has 2 amide bonds. The third kappa shape index (κ3) is 5.47. The van der Waals surface area contributed by atoms with Crippen LogP contribution < -0.4 is 10.6 Å². The molecule has 2 rings (SSSR count). The number of nitrogens with zero attached hydrogens (tertiary/aromatic N) is 2. The Labute approximate surface area is 150 Å². The summed E-state index contributed by atoms with van der Waals surface area (Å²) in [6.45, 7) is 2.69. The Bertz CT molecular complexity index is 786. The first-order chi connectivity index (χ1) is 11.9. The molecule has 0 spiro atoms. The topological polar surface area (TPSA) is 91.4 Å². The van der Waals surface area contributed by atoms with Gasteiger partial charge in [0.05, 0.1) is 0 Å². The van der Waals surface area contributed by atoms with E-state index in [1.807, 2.05) is 19.0 Å². The molecule has 0 saturated carbocycles. The molecule has 0 aliphatic rings. The van der Waals surface area contributed by atoms with Crippen molar-refractivity contribution in [1.29, 1.82) is 0 Å². The smallest absolute Gasteiger partial charge is 0.270 e. The molecule has 25 heavy (non-hydrogen) atoms. The molecule has 0 aliphatic heterocycles. The minimum Gasteiger partial charge on any atom is -0.349 e. The lowest BCUT2D eigenvalue weighted by atomic mass is 10.1. The Hall–Kier alpha value is -2.58. The standard InChI is InChI=1S/C17H20N4O3S/c1-11(22)12-5-4-6-13(9-12)15(23)20-17-19-14(10-25-17)16(24)18-7-8-21(2)3/h4-6,9-10H,7-8H2,1-3H3,(H,18,24)(H,19,20,23). The van der Waals surface area contributed by atoms with Gasteiger partial charge in [-0.25, -0.2) is 4.98 Å². The number of anilines is 1. The molecule has 0 saturated heterocycles. The third-order valence-corrected chi connectivity index (χ3v) is 4.09. The van der Waals surface area contributed by atoms with Crippen LogP contribution in [-0.4, -0.2) is 54.7 Å². The number of amides is 2. The van der Waals surface area contributed by atoms with Gasteiger partial charge in [-0.3, -0.25) is 19.7 Å². The SMILES string of the molecule is CC(=O)c1cccc(C(=O)Nc2nc(C(=O)NCCN(C)C)cs2)c1. The van der Waals surface area contributed by atoms with Gasteiger partial charge in [-0.2, -0.15) is 0 Å². The molecule has 0 bridgehead atoms. The highest BCUT2D eigenvalue weighted by Gasteiger charge is 2.14. The van der Waals surface area contributed by atoms with Gasteiger partial charge >= 0.3 is 0 Å². The Balaban J connectivity index is 1.98. The van der Waals surface area contributed by atoms with E-state index in [-0.39, 0.29) is 23.3 Å². The lowest BCUT2D eigenvalue weighted by molar-refractivity contribution is 0.0944. The molecule has 0 radical (unpaired) electrons. The predicted octanol–water partition coefficient (Wildman–Crippen LogP) is 1.89. The lowest BCUT2D eigenvalue weighted by Gasteiger charge is -2.09. The number of hydrogen-bond donors (Lipinski definition) is 2. The number of Topliss-reactive ketones (excluding diaryl/α,β-unsaturated/α-hetero) is 1. The Morgan fingerprint density at radius 2 is 1.88 bits per heavy atom. The number of likely N-dealkylation sites (N-methyl/N-ethyl adjacent to an activating group) is 1. The van der Waals surface area contributed by atoms with Crippen molar-refractivity contribution in [2.75, 3.05) is 32.5 Å². The number of aromatic nitrogens is 1. The van der Waals surface area contributed by atoms with Crippen LogP contribution in [0.5, 0.6) is 0 Å². The van der Waals surface area contributed by atoms with Crippen LogP contribution in [0.4, 0.5) is 5.13 Å². The maximum Gasteiger partial charge on any atom is 0.270 e. The average Bonchev–Trinajstić information content (AvgIpc) is 3.03. The summed E-state index contributed by atoms with van der Waals surface area (Å²) in [5.74, 6) is -0.769. The molecule has 0 aliphatic carbocycles. The van der Waals surface area contributed by atoms with Gasteiger partial charge in [0.25, 0.3) is 11.8 Å². The number of nitrogens with one attached hydrogen (secondary N) is 2. The highest BCUT2D eigenvalue weighted by atomic mass is 32.1. The zero-order chi connectivity index (χ0) is 18.4. The molecule has 7 nitrogen and oxygen atoms in total. The van der Waals surface area contributed by atoms with Gasteiger partial charge in [0.15, 0.2) is 10.9 Å². The van der Waals surface area contributed by atoms with Crippen LogP contribution in [0.1, 0.15) is 38.1 Å². The molecule has 1 aromatic carbocycles. The molecular formula is C17H20N4O3S. The molecule has 2 N–H and O–H groups in total. The highest BCUT2D eigenvalue weighted by Crippen LogP contribution is 2.17. The van der Waals surface area contributed by atoms with E-state index in [0.717, 1.165) is 6.54 Å². The van der Waals surface area contributed by atoms with Crippen LogP contribution in [0.15, 0.2) is 29.6 Å². The first-order valence-electron chi connectivity index (χ1n) is 7.67. The zero-order valence-corrected chi connectivity index (χ0v) is 15.1. The summed E-state index contributed by atoms with van der Waals surface area (Å²) in [6, 6.07) is 6.44. The Morgan fingerprint density at radius 1 is 1.16 bits per heavy atom. The lowest BCUT2D eigenvalue weighted by Crippen LogP contribution is -2.31. The maximum atomic E-state index is 12.3. The number of hydrogen-bond acceptors (Lipinski definition) is 6. The van der Waals surface area contributed by atoms with E-state index >= 15 is 0 Å². The first kappa shape index (κ1) is 18.8. The fourth-order valence-electron chi connectivity index (χ4n) is 1.97. The van der Waals surface area contributed by atoms with Crippen LogP contribution in [-0.2, 0) is 0 Å². The van der Waals surface area contributed by atoms with Crippen molar-refractivity contribution in [1.82, 2.24) is 15.2 Å². The van der Waals surface area contributed by atoms with Gasteiger partial charge in [0.1, 0.15) is 5.69 Å². The van der Waals surface area contributed by atoms with Crippen LogP contribution in [0.3, 0.4) is 0 Å². The molecule has 0 atom stereocenters. The normalized spacial score (nSPS) is 10.6. The van der Waals surface area contributed by atoms with Crippen molar-refractivity contribution in [2.24, 2.45) is 0 Å². The van der Waals surface area contributed by atoms with Crippen molar-refractivity contribution < 1.29 is 14.4 Å². The second-order valence-corrected chi connectivity index (χ2v) is 6.55. The monoisotopic (exact) mass is 360 g/mol. The molecule has 0 fully saturated rings. The minimum absolute atomic E-state index is 0.111. The largest absolute Gasteiger partial charge is 0.349 e. The van der Waals surface area contributed by atoms with E-state index in [1.54, 1.807) is 23.6 Å². The number of carbonyl (C=O) groups excluding carboxylic acids is 3. The zero-order valence-electron chi connectivity index (χ0n) is 14.3. The summed E-state index contributed by atoms with van der Waals surface area (Å²) in [5.41, 5.74) is 1.09. The summed E-state index contributed by atoms with van der Waals surface area (Å²) in [4.78, 5) is 41.7. The number of ketones is 1.